The van der Waals surface area contributed by atoms with Crippen molar-refractivity contribution in [2.45, 2.75) is 6.42 Å². The molecule has 104 valence electrons. The van der Waals surface area contributed by atoms with Gasteiger partial charge in [-0.3, -0.25) is 0 Å². The minimum atomic E-state index is 1.03. The van der Waals surface area contributed by atoms with Gasteiger partial charge in [-0.2, -0.15) is 0 Å². The van der Waals surface area contributed by atoms with Crippen molar-refractivity contribution < 1.29 is 0 Å². The molecule has 1 aliphatic rings. The summed E-state index contributed by atoms with van der Waals surface area (Å²) in [6.45, 7) is 0. The Balaban J connectivity index is 1.95. The predicted octanol–water partition coefficient (Wildman–Crippen LogP) is 5.20. The quantitative estimate of drug-likeness (QED) is 0.398. The highest BCUT2D eigenvalue weighted by Crippen LogP contribution is 2.43. The fraction of sp³-hybridized carbons (Fsp3) is 0.0476. The Morgan fingerprint density at radius 1 is 0.682 bits per heavy atom. The van der Waals surface area contributed by atoms with Gasteiger partial charge in [-0.25, -0.2) is 0 Å². The zero-order valence-electron chi connectivity index (χ0n) is 12.2. The third-order valence-corrected chi connectivity index (χ3v) is 4.63. The number of nitrogens with zero attached hydrogens (tertiary/aromatic N) is 1. The monoisotopic (exact) mass is 281 g/mol. The summed E-state index contributed by atoms with van der Waals surface area (Å²) >= 11 is 0. The van der Waals surface area contributed by atoms with Crippen molar-refractivity contribution in [2.24, 2.45) is 0 Å². The molecule has 0 amide bonds. The maximum atomic E-state index is 2.41. The van der Waals surface area contributed by atoms with Crippen LogP contribution in [-0.2, 0) is 6.42 Å². The lowest BCUT2D eigenvalue weighted by Crippen LogP contribution is -1.96. The van der Waals surface area contributed by atoms with E-state index in [1.807, 2.05) is 0 Å². The van der Waals surface area contributed by atoms with Gasteiger partial charge in [-0.1, -0.05) is 60.7 Å². The summed E-state index contributed by atoms with van der Waals surface area (Å²) in [4.78, 5) is 0. The summed E-state index contributed by atoms with van der Waals surface area (Å²) < 4.78 is 2.41. The van der Waals surface area contributed by atoms with Crippen LogP contribution in [0.25, 0.3) is 27.8 Å². The molecule has 0 radical (unpaired) electrons. The molecule has 0 bridgehead atoms. The largest absolute Gasteiger partial charge is 0.309 e. The Bertz CT molecular complexity index is 993. The van der Waals surface area contributed by atoms with E-state index in [0.717, 1.165) is 6.42 Å². The Kier molecular flexibility index (Phi) is 2.33. The molecular formula is C21H15N. The number of hydrogen-bond donors (Lipinski definition) is 0. The molecule has 0 atom stereocenters. The molecule has 0 saturated heterocycles. The number of aromatic nitrogens is 1. The lowest BCUT2D eigenvalue weighted by Gasteiger charge is -2.11. The van der Waals surface area contributed by atoms with E-state index in [-0.39, 0.29) is 0 Å². The first-order valence-electron chi connectivity index (χ1n) is 7.69. The van der Waals surface area contributed by atoms with Gasteiger partial charge in [0.2, 0.25) is 0 Å². The zero-order chi connectivity index (χ0) is 14.5. The molecule has 1 aromatic heterocycles. The van der Waals surface area contributed by atoms with E-state index in [4.69, 9.17) is 0 Å². The predicted molar refractivity (Wildman–Crippen MR) is 91.5 cm³/mol. The zero-order valence-corrected chi connectivity index (χ0v) is 12.2. The van der Waals surface area contributed by atoms with Crippen LogP contribution in [0.15, 0.2) is 78.9 Å². The first-order valence-corrected chi connectivity index (χ1v) is 7.69. The molecule has 5 rings (SSSR count). The number of para-hydroxylation sites is 2. The van der Waals surface area contributed by atoms with E-state index < -0.39 is 0 Å². The minimum Gasteiger partial charge on any atom is -0.309 e. The molecule has 0 fully saturated rings. The number of fused-ring (bicyclic) bond motifs is 5. The second kappa shape index (κ2) is 4.35. The van der Waals surface area contributed by atoms with Gasteiger partial charge < -0.3 is 4.57 Å². The van der Waals surface area contributed by atoms with E-state index in [0.29, 0.717) is 0 Å². The molecule has 0 unspecified atom stereocenters. The molecule has 4 aromatic rings. The number of benzene rings is 3. The average Bonchev–Trinajstić information content (AvgIpc) is 3.10. The topological polar surface area (TPSA) is 4.93 Å². The smallest absolute Gasteiger partial charge is 0.0579 e. The number of rotatable bonds is 1. The average molecular weight is 281 g/mol. The van der Waals surface area contributed by atoms with E-state index >= 15 is 0 Å². The van der Waals surface area contributed by atoms with Crippen molar-refractivity contribution >= 4 is 10.9 Å². The highest BCUT2D eigenvalue weighted by molar-refractivity contribution is 5.97. The molecule has 0 N–H and O–H groups in total. The van der Waals surface area contributed by atoms with E-state index in [9.17, 15) is 0 Å². The highest BCUT2D eigenvalue weighted by atomic mass is 15.0. The van der Waals surface area contributed by atoms with Crippen LogP contribution in [0.4, 0.5) is 0 Å². The Morgan fingerprint density at radius 3 is 2.32 bits per heavy atom. The van der Waals surface area contributed by atoms with Gasteiger partial charge in [0, 0.05) is 23.1 Å². The van der Waals surface area contributed by atoms with Gasteiger partial charge >= 0.3 is 0 Å². The minimum absolute atomic E-state index is 1.03. The van der Waals surface area contributed by atoms with Crippen LogP contribution in [0.5, 0.6) is 0 Å². The van der Waals surface area contributed by atoms with Gasteiger partial charge in [0.15, 0.2) is 0 Å². The fourth-order valence-electron chi connectivity index (χ4n) is 3.71. The SMILES string of the molecule is c1ccc(-n2c3c(c4ccccc42)Cc2ccccc2-3)cc1. The van der Waals surface area contributed by atoms with Gasteiger partial charge in [0.25, 0.3) is 0 Å². The lowest BCUT2D eigenvalue weighted by atomic mass is 10.1. The lowest BCUT2D eigenvalue weighted by molar-refractivity contribution is 1.13. The molecule has 1 heterocycles. The van der Waals surface area contributed by atoms with Crippen LogP contribution in [0.3, 0.4) is 0 Å². The van der Waals surface area contributed by atoms with Crippen molar-refractivity contribution in [1.29, 1.82) is 0 Å². The molecule has 0 spiro atoms. The maximum Gasteiger partial charge on any atom is 0.0579 e. The van der Waals surface area contributed by atoms with Crippen LogP contribution in [0, 0.1) is 0 Å². The molecule has 1 aliphatic carbocycles. The van der Waals surface area contributed by atoms with Crippen molar-refractivity contribution in [2.75, 3.05) is 0 Å². The first-order chi connectivity index (χ1) is 10.9. The Morgan fingerprint density at radius 2 is 1.41 bits per heavy atom. The normalized spacial score (nSPS) is 12.4. The van der Waals surface area contributed by atoms with Crippen LogP contribution in [0.1, 0.15) is 11.1 Å². The fourth-order valence-corrected chi connectivity index (χ4v) is 3.71. The molecule has 3 aromatic carbocycles. The summed E-state index contributed by atoms with van der Waals surface area (Å²) in [7, 11) is 0. The second-order valence-electron chi connectivity index (χ2n) is 5.85. The van der Waals surface area contributed by atoms with E-state index in [2.05, 4.69) is 83.4 Å². The van der Waals surface area contributed by atoms with Crippen LogP contribution >= 0.6 is 0 Å². The molecule has 22 heavy (non-hydrogen) atoms. The summed E-state index contributed by atoms with van der Waals surface area (Å²) in [5.74, 6) is 0. The Labute approximate surface area is 129 Å². The summed E-state index contributed by atoms with van der Waals surface area (Å²) in [5, 5.41) is 1.37. The summed E-state index contributed by atoms with van der Waals surface area (Å²) in [6, 6.07) is 28.2. The van der Waals surface area contributed by atoms with Crippen LogP contribution in [0.2, 0.25) is 0 Å². The van der Waals surface area contributed by atoms with Crippen LogP contribution in [-0.4, -0.2) is 4.57 Å². The second-order valence-corrected chi connectivity index (χ2v) is 5.85. The van der Waals surface area contributed by atoms with Gasteiger partial charge in [-0.05, 0) is 29.3 Å². The van der Waals surface area contributed by atoms with Gasteiger partial charge in [-0.15, -0.1) is 0 Å². The molecule has 1 heteroatoms. The van der Waals surface area contributed by atoms with Crippen LogP contribution < -0.4 is 0 Å². The van der Waals surface area contributed by atoms with E-state index in [1.165, 1.54) is 39.0 Å². The highest BCUT2D eigenvalue weighted by Gasteiger charge is 2.26. The summed E-state index contributed by atoms with van der Waals surface area (Å²) in [5.41, 5.74) is 8.16. The first kappa shape index (κ1) is 11.8. The third-order valence-electron chi connectivity index (χ3n) is 4.63. The van der Waals surface area contributed by atoms with Crippen molar-refractivity contribution in [3.63, 3.8) is 0 Å². The maximum absolute atomic E-state index is 2.41. The summed E-state index contributed by atoms with van der Waals surface area (Å²) in [6.07, 6.45) is 1.03. The van der Waals surface area contributed by atoms with Crippen molar-refractivity contribution in [3.8, 4) is 16.9 Å². The van der Waals surface area contributed by atoms with Crippen molar-refractivity contribution in [1.82, 2.24) is 4.57 Å². The molecule has 1 nitrogen and oxygen atoms in total. The number of hydrogen-bond acceptors (Lipinski definition) is 0. The van der Waals surface area contributed by atoms with Gasteiger partial charge in [0.1, 0.15) is 0 Å². The van der Waals surface area contributed by atoms with E-state index in [1.54, 1.807) is 0 Å². The molecule has 0 saturated carbocycles. The third kappa shape index (κ3) is 1.48. The molecule has 0 aliphatic heterocycles. The Hall–Kier alpha value is -2.80. The molecular weight excluding hydrogens is 266 g/mol. The van der Waals surface area contributed by atoms with Crippen molar-refractivity contribution in [3.05, 3.63) is 90.0 Å². The van der Waals surface area contributed by atoms with Gasteiger partial charge in [0.05, 0.1) is 11.2 Å². The standard InChI is InChI=1S/C21H15N/c1-2-9-16(10-3-1)22-20-13-7-6-12-18(20)19-14-15-8-4-5-11-17(15)21(19)22/h1-13H,14H2.